The van der Waals surface area contributed by atoms with Crippen LogP contribution in [0, 0.1) is 11.3 Å². The normalized spacial score (nSPS) is 14.0. The molecule has 3 aromatic rings. The standard InChI is InChI=1S/C19H12F3N3O/c20-19(21,22)14-3-1-2-12(8-14)15-7-11(10-23)6-13-9-16-18(26)24-4-5-25(16)17(13)15/h1-3,6-9H,4-5H2,(H,24,26). The Labute approximate surface area is 146 Å². The minimum absolute atomic E-state index is 0.235. The third kappa shape index (κ3) is 2.51. The van der Waals surface area contributed by atoms with E-state index in [0.717, 1.165) is 12.1 Å². The number of benzene rings is 2. The molecule has 0 aliphatic carbocycles. The third-order valence-electron chi connectivity index (χ3n) is 4.48. The zero-order valence-corrected chi connectivity index (χ0v) is 13.4. The van der Waals surface area contributed by atoms with Crippen LogP contribution in [-0.4, -0.2) is 17.0 Å². The molecule has 1 amide bonds. The van der Waals surface area contributed by atoms with Crippen LogP contribution < -0.4 is 5.32 Å². The molecule has 1 aliphatic rings. The Balaban J connectivity index is 2.03. The minimum Gasteiger partial charge on any atom is -0.349 e. The Kier molecular flexibility index (Phi) is 3.51. The molecule has 0 unspecified atom stereocenters. The van der Waals surface area contributed by atoms with Crippen LogP contribution in [0.2, 0.25) is 0 Å². The first-order chi connectivity index (χ1) is 12.4. The van der Waals surface area contributed by atoms with Gasteiger partial charge in [-0.25, -0.2) is 0 Å². The highest BCUT2D eigenvalue weighted by Gasteiger charge is 2.31. The fourth-order valence-corrected chi connectivity index (χ4v) is 3.35. The van der Waals surface area contributed by atoms with Gasteiger partial charge in [0.15, 0.2) is 0 Å². The molecule has 4 nitrogen and oxygen atoms in total. The summed E-state index contributed by atoms with van der Waals surface area (Å²) in [7, 11) is 0. The quantitative estimate of drug-likeness (QED) is 0.719. The molecule has 0 saturated carbocycles. The molecule has 0 bridgehead atoms. The number of nitrogens with one attached hydrogen (secondary N) is 1. The highest BCUT2D eigenvalue weighted by atomic mass is 19.4. The first kappa shape index (κ1) is 16.2. The maximum absolute atomic E-state index is 13.1. The number of rotatable bonds is 1. The van der Waals surface area contributed by atoms with E-state index < -0.39 is 11.7 Å². The number of amides is 1. The smallest absolute Gasteiger partial charge is 0.349 e. The van der Waals surface area contributed by atoms with Crippen LogP contribution in [-0.2, 0) is 12.7 Å². The number of carbonyl (C=O) groups is 1. The summed E-state index contributed by atoms with van der Waals surface area (Å²) < 4.78 is 41.1. The molecule has 1 aliphatic heterocycles. The summed E-state index contributed by atoms with van der Waals surface area (Å²) in [5.74, 6) is -0.235. The predicted octanol–water partition coefficient (Wildman–Crippen LogP) is 3.94. The molecule has 0 spiro atoms. The fourth-order valence-electron chi connectivity index (χ4n) is 3.35. The van der Waals surface area contributed by atoms with Gasteiger partial charge in [-0.1, -0.05) is 12.1 Å². The number of nitrogens with zero attached hydrogens (tertiary/aromatic N) is 2. The lowest BCUT2D eigenvalue weighted by Crippen LogP contribution is -2.34. The first-order valence-electron chi connectivity index (χ1n) is 7.92. The van der Waals surface area contributed by atoms with E-state index in [-0.39, 0.29) is 5.91 Å². The van der Waals surface area contributed by atoms with Crippen molar-refractivity contribution in [2.45, 2.75) is 12.7 Å². The average Bonchev–Trinajstić information content (AvgIpc) is 3.00. The molecule has 0 fully saturated rings. The van der Waals surface area contributed by atoms with E-state index in [1.54, 1.807) is 28.8 Å². The Morgan fingerprint density at radius 1 is 1.15 bits per heavy atom. The SMILES string of the molecule is N#Cc1cc(-c2cccc(C(F)(F)F)c2)c2c(c1)cc1n2CCNC1=O. The van der Waals surface area contributed by atoms with Crippen LogP contribution in [0.1, 0.15) is 21.6 Å². The van der Waals surface area contributed by atoms with E-state index in [4.69, 9.17) is 0 Å². The summed E-state index contributed by atoms with van der Waals surface area (Å²) in [6, 6.07) is 11.9. The summed E-state index contributed by atoms with van der Waals surface area (Å²) in [5.41, 5.74) is 1.53. The van der Waals surface area contributed by atoms with Gasteiger partial charge in [-0.2, -0.15) is 18.4 Å². The Morgan fingerprint density at radius 2 is 1.96 bits per heavy atom. The van der Waals surface area contributed by atoms with Gasteiger partial charge in [0.2, 0.25) is 0 Å². The predicted molar refractivity (Wildman–Crippen MR) is 89.4 cm³/mol. The van der Waals surface area contributed by atoms with Crippen molar-refractivity contribution in [2.24, 2.45) is 0 Å². The summed E-state index contributed by atoms with van der Waals surface area (Å²) >= 11 is 0. The molecule has 2 heterocycles. The zero-order valence-electron chi connectivity index (χ0n) is 13.4. The molecule has 4 rings (SSSR count). The van der Waals surface area contributed by atoms with E-state index >= 15 is 0 Å². The van der Waals surface area contributed by atoms with Crippen molar-refractivity contribution < 1.29 is 18.0 Å². The van der Waals surface area contributed by atoms with Gasteiger partial charge in [-0.3, -0.25) is 4.79 Å². The highest BCUT2D eigenvalue weighted by Crippen LogP contribution is 2.36. The van der Waals surface area contributed by atoms with Crippen molar-refractivity contribution in [2.75, 3.05) is 6.54 Å². The van der Waals surface area contributed by atoms with Gasteiger partial charge in [0, 0.05) is 24.0 Å². The minimum atomic E-state index is -4.46. The van der Waals surface area contributed by atoms with Gasteiger partial charge >= 0.3 is 6.18 Å². The van der Waals surface area contributed by atoms with Crippen molar-refractivity contribution in [3.63, 3.8) is 0 Å². The van der Waals surface area contributed by atoms with Crippen molar-refractivity contribution in [1.82, 2.24) is 9.88 Å². The largest absolute Gasteiger partial charge is 0.416 e. The van der Waals surface area contributed by atoms with E-state index in [9.17, 15) is 23.2 Å². The molecule has 0 saturated heterocycles. The summed E-state index contributed by atoms with van der Waals surface area (Å²) in [6.07, 6.45) is -4.46. The second-order valence-corrected chi connectivity index (χ2v) is 6.09. The summed E-state index contributed by atoms with van der Waals surface area (Å²) in [6.45, 7) is 0.958. The fraction of sp³-hybridized carbons (Fsp3) is 0.158. The number of hydrogen-bond donors (Lipinski definition) is 1. The van der Waals surface area contributed by atoms with Crippen molar-refractivity contribution >= 4 is 16.8 Å². The maximum atomic E-state index is 13.1. The third-order valence-corrected chi connectivity index (χ3v) is 4.48. The van der Waals surface area contributed by atoms with Crippen LogP contribution in [0.5, 0.6) is 0 Å². The second-order valence-electron chi connectivity index (χ2n) is 6.09. The second kappa shape index (κ2) is 5.63. The monoisotopic (exact) mass is 355 g/mol. The summed E-state index contributed by atoms with van der Waals surface area (Å²) in [4.78, 5) is 12.1. The molecule has 1 aromatic heterocycles. The molecular weight excluding hydrogens is 343 g/mol. The van der Waals surface area contributed by atoms with Gasteiger partial charge in [0.1, 0.15) is 5.69 Å². The van der Waals surface area contributed by atoms with Gasteiger partial charge in [-0.05, 0) is 35.9 Å². The van der Waals surface area contributed by atoms with Crippen LogP contribution in [0.25, 0.3) is 22.0 Å². The number of hydrogen-bond acceptors (Lipinski definition) is 2. The van der Waals surface area contributed by atoms with Gasteiger partial charge in [0.05, 0.1) is 22.7 Å². The topological polar surface area (TPSA) is 57.8 Å². The Hall–Kier alpha value is -3.27. The van der Waals surface area contributed by atoms with Crippen LogP contribution in [0.4, 0.5) is 13.2 Å². The van der Waals surface area contributed by atoms with Crippen LogP contribution in [0.3, 0.4) is 0 Å². The van der Waals surface area contributed by atoms with Crippen molar-refractivity contribution in [3.05, 3.63) is 59.3 Å². The summed E-state index contributed by atoms with van der Waals surface area (Å²) in [5, 5.41) is 12.7. The van der Waals surface area contributed by atoms with Crippen LogP contribution in [0.15, 0.2) is 42.5 Å². The van der Waals surface area contributed by atoms with Gasteiger partial charge in [0.25, 0.3) is 5.91 Å². The van der Waals surface area contributed by atoms with E-state index in [1.165, 1.54) is 6.07 Å². The highest BCUT2D eigenvalue weighted by molar-refractivity contribution is 6.04. The molecule has 7 heteroatoms. The first-order valence-corrected chi connectivity index (χ1v) is 7.92. The lowest BCUT2D eigenvalue weighted by molar-refractivity contribution is -0.137. The van der Waals surface area contributed by atoms with Gasteiger partial charge in [-0.15, -0.1) is 0 Å². The number of aromatic nitrogens is 1. The zero-order chi connectivity index (χ0) is 18.5. The maximum Gasteiger partial charge on any atom is 0.416 e. The Morgan fingerprint density at radius 3 is 2.69 bits per heavy atom. The average molecular weight is 355 g/mol. The Bertz CT molecular complexity index is 1090. The molecule has 0 radical (unpaired) electrons. The van der Waals surface area contributed by atoms with E-state index in [2.05, 4.69) is 5.32 Å². The van der Waals surface area contributed by atoms with E-state index in [1.807, 2.05) is 6.07 Å². The van der Waals surface area contributed by atoms with Crippen molar-refractivity contribution in [1.29, 1.82) is 5.26 Å². The molecular formula is C19H12F3N3O. The molecule has 0 atom stereocenters. The number of nitriles is 1. The van der Waals surface area contributed by atoms with E-state index in [0.29, 0.717) is 46.4 Å². The molecule has 2 aromatic carbocycles. The van der Waals surface area contributed by atoms with Gasteiger partial charge < -0.3 is 9.88 Å². The molecule has 130 valence electrons. The number of fused-ring (bicyclic) bond motifs is 3. The number of halogens is 3. The van der Waals surface area contributed by atoms with Crippen LogP contribution >= 0.6 is 0 Å². The molecule has 26 heavy (non-hydrogen) atoms. The number of alkyl halides is 3. The lowest BCUT2D eigenvalue weighted by atomic mass is 9.98. The van der Waals surface area contributed by atoms with Crippen molar-refractivity contribution in [3.8, 4) is 17.2 Å². The molecule has 1 N–H and O–H groups in total. The lowest BCUT2D eigenvalue weighted by Gasteiger charge is -2.18. The number of carbonyl (C=O) groups excluding carboxylic acids is 1.